The van der Waals surface area contributed by atoms with Crippen LogP contribution < -0.4 is 5.32 Å². The summed E-state index contributed by atoms with van der Waals surface area (Å²) >= 11 is 0. The van der Waals surface area contributed by atoms with Crippen LogP contribution in [0, 0.1) is 0 Å². The lowest BCUT2D eigenvalue weighted by Crippen LogP contribution is -2.63. The minimum absolute atomic E-state index is 0.0892. The highest BCUT2D eigenvalue weighted by Crippen LogP contribution is 2.29. The van der Waals surface area contributed by atoms with Crippen LogP contribution in [0.2, 0.25) is 0 Å². The second-order valence-electron chi connectivity index (χ2n) is 7.66. The summed E-state index contributed by atoms with van der Waals surface area (Å²) in [5.74, 6) is -1.20. The molecule has 1 unspecified atom stereocenters. The van der Waals surface area contributed by atoms with E-state index in [0.717, 1.165) is 10.5 Å². The van der Waals surface area contributed by atoms with Crippen molar-refractivity contribution in [1.29, 1.82) is 0 Å². The van der Waals surface area contributed by atoms with E-state index in [4.69, 9.17) is 4.74 Å². The Labute approximate surface area is 181 Å². The summed E-state index contributed by atoms with van der Waals surface area (Å²) in [6.07, 6.45) is 0.249. The molecular formula is C21H30N3O7+. The molecule has 3 N–H and O–H groups in total. The molecule has 31 heavy (non-hydrogen) atoms. The molecule has 2 rings (SSSR count). The Kier molecular flexibility index (Phi) is 8.80. The van der Waals surface area contributed by atoms with E-state index >= 15 is 0 Å². The van der Waals surface area contributed by atoms with Crippen molar-refractivity contribution in [3.8, 4) is 0 Å². The molecular weight excluding hydrogens is 406 g/mol. The molecule has 0 bridgehead atoms. The van der Waals surface area contributed by atoms with Crippen LogP contribution >= 0.6 is 0 Å². The van der Waals surface area contributed by atoms with Crippen molar-refractivity contribution < 1.29 is 38.6 Å². The number of nitrogens with zero attached hydrogens (tertiary/aromatic N) is 2. The van der Waals surface area contributed by atoms with Crippen LogP contribution in [-0.4, -0.2) is 76.0 Å². The molecule has 10 nitrogen and oxygen atoms in total. The van der Waals surface area contributed by atoms with Crippen LogP contribution in [0.5, 0.6) is 0 Å². The average molecular weight is 436 g/mol. The molecule has 2 atom stereocenters. The number of carbonyl (C=O) groups is 4. The number of carboxylic acid groups (broad SMARTS) is 2. The largest absolute Gasteiger partial charge is 0.523 e. The molecule has 1 aliphatic rings. The molecule has 0 spiro atoms. The number of nitrogens with one attached hydrogen (secondary N) is 1. The van der Waals surface area contributed by atoms with Crippen molar-refractivity contribution >= 4 is 24.2 Å². The molecule has 0 aliphatic carbocycles. The molecule has 0 aromatic heterocycles. The second-order valence-corrected chi connectivity index (χ2v) is 7.66. The first kappa shape index (κ1) is 24.1. The number of rotatable bonds is 9. The number of imide groups is 1. The van der Waals surface area contributed by atoms with Crippen molar-refractivity contribution in [2.24, 2.45) is 0 Å². The van der Waals surface area contributed by atoms with E-state index in [1.807, 2.05) is 30.3 Å². The standard InChI is InChI=1S/C21H29N3O7/c1-16-8-7-13-24(16,21(29)30)20(28)23(14-18(25)26)12-6-5-11-22-19(27)31-15-17-9-3-2-4-10-17/h2-4,9-10,16H,5-8,11-15H2,1H3,(H2-,22,25,26,27,29,30)/p+1/t16-,24?/m1/s1. The van der Waals surface area contributed by atoms with Gasteiger partial charge in [0.1, 0.15) is 19.2 Å². The second kappa shape index (κ2) is 11.3. The number of unbranched alkanes of at least 4 members (excludes halogenated alkanes) is 1. The highest BCUT2D eigenvalue weighted by molar-refractivity contribution is 5.82. The molecule has 1 aliphatic heterocycles. The number of hydrogen-bond donors (Lipinski definition) is 3. The fourth-order valence-electron chi connectivity index (χ4n) is 3.78. The van der Waals surface area contributed by atoms with Gasteiger partial charge in [-0.2, -0.15) is 4.79 Å². The minimum atomic E-state index is -1.26. The molecule has 1 saturated heterocycles. The van der Waals surface area contributed by atoms with E-state index in [9.17, 15) is 29.4 Å². The van der Waals surface area contributed by atoms with Crippen molar-refractivity contribution in [2.75, 3.05) is 26.2 Å². The molecule has 1 fully saturated rings. The van der Waals surface area contributed by atoms with Gasteiger partial charge in [0.2, 0.25) is 0 Å². The monoisotopic (exact) mass is 436 g/mol. The Hall–Kier alpha value is -3.14. The number of urea groups is 1. The summed E-state index contributed by atoms with van der Waals surface area (Å²) in [6.45, 7) is 1.82. The summed E-state index contributed by atoms with van der Waals surface area (Å²) in [4.78, 5) is 49.0. The predicted octanol–water partition coefficient (Wildman–Crippen LogP) is 2.88. The Morgan fingerprint density at radius 1 is 1.16 bits per heavy atom. The number of likely N-dealkylation sites (tertiary alicyclic amines) is 1. The summed E-state index contributed by atoms with van der Waals surface area (Å²) in [6, 6.07) is 8.13. The maximum absolute atomic E-state index is 13.0. The van der Waals surface area contributed by atoms with Crippen LogP contribution in [0.25, 0.3) is 0 Å². The number of quaternary nitrogens is 1. The fourth-order valence-corrected chi connectivity index (χ4v) is 3.78. The maximum Gasteiger partial charge on any atom is 0.523 e. The molecule has 1 heterocycles. The van der Waals surface area contributed by atoms with Crippen LogP contribution in [-0.2, 0) is 16.1 Å². The van der Waals surface area contributed by atoms with Crippen LogP contribution in [0.4, 0.5) is 14.4 Å². The summed E-state index contributed by atoms with van der Waals surface area (Å²) in [5.41, 5.74) is 0.868. The number of carboxylic acids is 1. The summed E-state index contributed by atoms with van der Waals surface area (Å²) < 4.78 is 4.34. The summed E-state index contributed by atoms with van der Waals surface area (Å²) in [5, 5.41) is 21.5. The van der Waals surface area contributed by atoms with Crippen molar-refractivity contribution in [3.05, 3.63) is 35.9 Å². The van der Waals surface area contributed by atoms with Gasteiger partial charge in [-0.3, -0.25) is 9.69 Å². The van der Waals surface area contributed by atoms with Gasteiger partial charge in [-0.25, -0.2) is 9.59 Å². The zero-order valence-corrected chi connectivity index (χ0v) is 17.7. The number of carbonyl (C=O) groups excluding carboxylic acids is 2. The van der Waals surface area contributed by atoms with Gasteiger partial charge in [0.05, 0.1) is 6.54 Å². The number of aliphatic carboxylic acids is 1. The zero-order valence-electron chi connectivity index (χ0n) is 17.7. The Balaban J connectivity index is 1.81. The quantitative estimate of drug-likeness (QED) is 0.400. The molecule has 170 valence electrons. The Bertz CT molecular complexity index is 786. The first-order chi connectivity index (χ1) is 14.8. The van der Waals surface area contributed by atoms with E-state index in [1.165, 1.54) is 0 Å². The normalized spacial score (nSPS) is 20.1. The van der Waals surface area contributed by atoms with E-state index < -0.39 is 41.3 Å². The zero-order chi connectivity index (χ0) is 22.9. The van der Waals surface area contributed by atoms with Crippen molar-refractivity contribution in [2.45, 2.75) is 45.3 Å². The maximum atomic E-state index is 13.0. The van der Waals surface area contributed by atoms with Gasteiger partial charge in [0.25, 0.3) is 0 Å². The Morgan fingerprint density at radius 2 is 1.87 bits per heavy atom. The van der Waals surface area contributed by atoms with Crippen molar-refractivity contribution in [1.82, 2.24) is 10.2 Å². The Morgan fingerprint density at radius 3 is 2.45 bits per heavy atom. The lowest BCUT2D eigenvalue weighted by molar-refractivity contribution is -0.791. The fraction of sp³-hybridized carbons (Fsp3) is 0.524. The molecule has 1 aromatic carbocycles. The minimum Gasteiger partial charge on any atom is -0.480 e. The van der Waals surface area contributed by atoms with Gasteiger partial charge < -0.3 is 20.3 Å². The smallest absolute Gasteiger partial charge is 0.480 e. The molecule has 0 radical (unpaired) electrons. The highest BCUT2D eigenvalue weighted by Gasteiger charge is 2.55. The number of benzene rings is 1. The van der Waals surface area contributed by atoms with Gasteiger partial charge in [-0.05, 0) is 25.3 Å². The number of alkyl carbamates (subject to hydrolysis) is 1. The number of ether oxygens (including phenoxy) is 1. The van der Waals surface area contributed by atoms with E-state index in [2.05, 4.69) is 5.32 Å². The van der Waals surface area contributed by atoms with Crippen LogP contribution in [0.3, 0.4) is 0 Å². The number of hydrogen-bond acceptors (Lipinski definition) is 5. The van der Waals surface area contributed by atoms with Gasteiger partial charge in [-0.1, -0.05) is 30.3 Å². The predicted molar refractivity (Wildman–Crippen MR) is 110 cm³/mol. The molecule has 0 saturated carbocycles. The number of amides is 4. The third-order valence-electron chi connectivity index (χ3n) is 5.50. The van der Waals surface area contributed by atoms with Crippen molar-refractivity contribution in [3.63, 3.8) is 0 Å². The van der Waals surface area contributed by atoms with Crippen LogP contribution in [0.15, 0.2) is 30.3 Å². The van der Waals surface area contributed by atoms with E-state index in [-0.39, 0.29) is 26.2 Å². The van der Waals surface area contributed by atoms with E-state index in [1.54, 1.807) is 6.92 Å². The van der Waals surface area contributed by atoms with E-state index in [0.29, 0.717) is 25.7 Å². The molecule has 1 aromatic rings. The lowest BCUT2D eigenvalue weighted by atomic mass is 10.2. The molecule has 10 heteroatoms. The third kappa shape index (κ3) is 6.42. The van der Waals surface area contributed by atoms with Crippen LogP contribution in [0.1, 0.15) is 38.2 Å². The third-order valence-corrected chi connectivity index (χ3v) is 5.50. The van der Waals surface area contributed by atoms with Gasteiger partial charge in [0, 0.05) is 25.9 Å². The van der Waals surface area contributed by atoms with Gasteiger partial charge in [0.15, 0.2) is 0 Å². The van der Waals surface area contributed by atoms with Gasteiger partial charge >= 0.3 is 24.2 Å². The summed E-state index contributed by atoms with van der Waals surface area (Å²) in [7, 11) is 0. The first-order valence-corrected chi connectivity index (χ1v) is 10.3. The topological polar surface area (TPSA) is 133 Å². The average Bonchev–Trinajstić information content (AvgIpc) is 3.13. The first-order valence-electron chi connectivity index (χ1n) is 10.3. The molecule has 4 amide bonds. The highest BCUT2D eigenvalue weighted by atomic mass is 16.5. The SMILES string of the molecule is C[C@@H]1CCC[N+]1(C(=O)O)C(=O)N(CCCCNC(=O)OCc1ccccc1)CC(=O)O. The van der Waals surface area contributed by atoms with Gasteiger partial charge in [-0.15, -0.1) is 4.48 Å². The lowest BCUT2D eigenvalue weighted by Gasteiger charge is -2.33.